The van der Waals surface area contributed by atoms with E-state index in [2.05, 4.69) is 19.2 Å². The fraction of sp³-hybridized carbons (Fsp3) is 0.667. The third kappa shape index (κ3) is 6.16. The fourth-order valence-electron chi connectivity index (χ4n) is 1.22. The summed E-state index contributed by atoms with van der Waals surface area (Å²) in [5, 5.41) is 3.66. The van der Waals surface area contributed by atoms with Crippen molar-refractivity contribution in [2.75, 3.05) is 19.8 Å². The molecule has 0 aliphatic rings. The molecule has 4 heteroatoms. The van der Waals surface area contributed by atoms with Gasteiger partial charge in [-0.2, -0.15) is 0 Å². The van der Waals surface area contributed by atoms with E-state index >= 15 is 0 Å². The number of ether oxygens (including phenoxy) is 1. The molecule has 0 saturated carbocycles. The van der Waals surface area contributed by atoms with Crippen LogP contribution >= 0.6 is 11.6 Å². The van der Waals surface area contributed by atoms with Crippen molar-refractivity contribution < 1.29 is 9.15 Å². The van der Waals surface area contributed by atoms with Crippen molar-refractivity contribution in [3.8, 4) is 0 Å². The Labute approximate surface area is 102 Å². The maximum atomic E-state index is 5.65. The van der Waals surface area contributed by atoms with E-state index < -0.39 is 0 Å². The van der Waals surface area contributed by atoms with Crippen molar-refractivity contribution in [1.29, 1.82) is 0 Å². The Hall–Kier alpha value is -0.510. The van der Waals surface area contributed by atoms with Gasteiger partial charge in [-0.15, -0.1) is 0 Å². The van der Waals surface area contributed by atoms with Gasteiger partial charge in [-0.3, -0.25) is 0 Å². The van der Waals surface area contributed by atoms with Gasteiger partial charge in [0, 0.05) is 13.2 Å². The highest BCUT2D eigenvalue weighted by Gasteiger charge is 1.98. The van der Waals surface area contributed by atoms with Gasteiger partial charge >= 0.3 is 0 Å². The summed E-state index contributed by atoms with van der Waals surface area (Å²) in [5.74, 6) is 1.56. The van der Waals surface area contributed by atoms with Crippen molar-refractivity contribution in [3.63, 3.8) is 0 Å². The molecule has 1 aromatic rings. The van der Waals surface area contributed by atoms with E-state index in [4.69, 9.17) is 20.8 Å². The molecular formula is C12H20ClNO2. The minimum absolute atomic E-state index is 0.435. The second kappa shape index (κ2) is 7.71. The summed E-state index contributed by atoms with van der Waals surface area (Å²) < 4.78 is 10.7. The van der Waals surface area contributed by atoms with Crippen molar-refractivity contribution in [2.45, 2.75) is 26.8 Å². The third-order valence-electron chi connectivity index (χ3n) is 2.19. The van der Waals surface area contributed by atoms with Gasteiger partial charge in [0.15, 0.2) is 5.22 Å². The molecule has 0 aliphatic carbocycles. The van der Waals surface area contributed by atoms with Gasteiger partial charge in [-0.25, -0.2) is 0 Å². The Morgan fingerprint density at radius 2 is 2.19 bits per heavy atom. The number of hydrogen-bond acceptors (Lipinski definition) is 3. The normalized spacial score (nSPS) is 11.2. The number of rotatable bonds is 8. The summed E-state index contributed by atoms with van der Waals surface area (Å²) >= 11 is 5.65. The van der Waals surface area contributed by atoms with Crippen LogP contribution in [0.2, 0.25) is 5.22 Å². The molecule has 0 radical (unpaired) electrons. The lowest BCUT2D eigenvalue weighted by molar-refractivity contribution is 0.125. The zero-order valence-corrected chi connectivity index (χ0v) is 10.7. The first-order valence-corrected chi connectivity index (χ1v) is 6.09. The predicted octanol–water partition coefficient (Wildman–Crippen LogP) is 3.09. The molecule has 0 aromatic carbocycles. The molecule has 0 atom stereocenters. The van der Waals surface area contributed by atoms with E-state index in [1.54, 1.807) is 6.07 Å². The minimum Gasteiger partial charge on any atom is -0.448 e. The molecule has 92 valence electrons. The van der Waals surface area contributed by atoms with Crippen molar-refractivity contribution in [2.24, 2.45) is 5.92 Å². The maximum Gasteiger partial charge on any atom is 0.193 e. The molecule has 0 unspecified atom stereocenters. The molecule has 16 heavy (non-hydrogen) atoms. The molecule has 0 fully saturated rings. The molecule has 1 rings (SSSR count). The van der Waals surface area contributed by atoms with Crippen LogP contribution in [0.25, 0.3) is 0 Å². The number of nitrogens with one attached hydrogen (secondary N) is 1. The molecule has 0 saturated heterocycles. The Balaban J connectivity index is 1.92. The minimum atomic E-state index is 0.435. The smallest absolute Gasteiger partial charge is 0.193 e. The first-order chi connectivity index (χ1) is 7.68. The molecule has 0 spiro atoms. The second-order valence-electron chi connectivity index (χ2n) is 4.18. The molecular weight excluding hydrogens is 226 g/mol. The predicted molar refractivity (Wildman–Crippen MR) is 65.7 cm³/mol. The summed E-state index contributed by atoms with van der Waals surface area (Å²) in [6, 6.07) is 3.62. The second-order valence-corrected chi connectivity index (χ2v) is 4.55. The molecule has 1 N–H and O–H groups in total. The van der Waals surface area contributed by atoms with Crippen LogP contribution in [-0.2, 0) is 11.3 Å². The quantitative estimate of drug-likeness (QED) is 0.715. The summed E-state index contributed by atoms with van der Waals surface area (Å²) in [4.78, 5) is 0. The van der Waals surface area contributed by atoms with Crippen molar-refractivity contribution in [1.82, 2.24) is 5.32 Å². The van der Waals surface area contributed by atoms with Crippen LogP contribution in [0.5, 0.6) is 0 Å². The van der Waals surface area contributed by atoms with Crippen LogP contribution < -0.4 is 5.32 Å². The van der Waals surface area contributed by atoms with Gasteiger partial charge in [-0.1, -0.05) is 13.8 Å². The van der Waals surface area contributed by atoms with E-state index in [0.717, 1.165) is 31.9 Å². The van der Waals surface area contributed by atoms with Gasteiger partial charge in [0.1, 0.15) is 5.76 Å². The molecule has 0 aliphatic heterocycles. The highest BCUT2D eigenvalue weighted by atomic mass is 35.5. The summed E-state index contributed by atoms with van der Waals surface area (Å²) in [5.41, 5.74) is 0. The zero-order chi connectivity index (χ0) is 11.8. The van der Waals surface area contributed by atoms with Crippen LogP contribution in [0.3, 0.4) is 0 Å². The Bertz CT molecular complexity index is 286. The van der Waals surface area contributed by atoms with E-state index in [1.807, 2.05) is 6.07 Å². The summed E-state index contributed by atoms with van der Waals surface area (Å²) in [6.07, 6.45) is 1.12. The molecule has 0 amide bonds. The SMILES string of the molecule is CC(C)CCOCCNCc1ccc(Cl)o1. The molecule has 1 heterocycles. The number of furan rings is 1. The van der Waals surface area contributed by atoms with Gasteiger partial charge in [0.25, 0.3) is 0 Å². The molecule has 1 aromatic heterocycles. The van der Waals surface area contributed by atoms with Crippen LogP contribution in [0.1, 0.15) is 26.0 Å². The monoisotopic (exact) mass is 245 g/mol. The van der Waals surface area contributed by atoms with Crippen LogP contribution in [0.15, 0.2) is 16.5 Å². The Morgan fingerprint density at radius 3 is 2.81 bits per heavy atom. The van der Waals surface area contributed by atoms with Crippen molar-refractivity contribution in [3.05, 3.63) is 23.1 Å². The lowest BCUT2D eigenvalue weighted by Crippen LogP contribution is -2.19. The van der Waals surface area contributed by atoms with E-state index in [0.29, 0.717) is 17.7 Å². The largest absolute Gasteiger partial charge is 0.448 e. The van der Waals surface area contributed by atoms with E-state index in [9.17, 15) is 0 Å². The number of hydrogen-bond donors (Lipinski definition) is 1. The van der Waals surface area contributed by atoms with Gasteiger partial charge < -0.3 is 14.5 Å². The average molecular weight is 246 g/mol. The third-order valence-corrected chi connectivity index (χ3v) is 2.39. The van der Waals surface area contributed by atoms with Crippen LogP contribution in [-0.4, -0.2) is 19.8 Å². The molecule has 0 bridgehead atoms. The zero-order valence-electron chi connectivity index (χ0n) is 9.96. The van der Waals surface area contributed by atoms with Gasteiger partial charge in [0.05, 0.1) is 13.2 Å². The first-order valence-electron chi connectivity index (χ1n) is 5.71. The number of halogens is 1. The molecule has 3 nitrogen and oxygen atoms in total. The van der Waals surface area contributed by atoms with E-state index in [-0.39, 0.29) is 0 Å². The summed E-state index contributed by atoms with van der Waals surface area (Å²) in [7, 11) is 0. The van der Waals surface area contributed by atoms with Gasteiger partial charge in [-0.05, 0) is 36.1 Å². The van der Waals surface area contributed by atoms with Gasteiger partial charge in [0.2, 0.25) is 0 Å². The fourth-order valence-corrected chi connectivity index (χ4v) is 1.39. The highest BCUT2D eigenvalue weighted by molar-refractivity contribution is 6.28. The topological polar surface area (TPSA) is 34.4 Å². The average Bonchev–Trinajstić information content (AvgIpc) is 2.62. The van der Waals surface area contributed by atoms with Crippen molar-refractivity contribution >= 4 is 11.6 Å². The lowest BCUT2D eigenvalue weighted by Gasteiger charge is -2.06. The van der Waals surface area contributed by atoms with E-state index in [1.165, 1.54) is 0 Å². The van der Waals surface area contributed by atoms with Crippen LogP contribution in [0, 0.1) is 5.92 Å². The summed E-state index contributed by atoms with van der Waals surface area (Å²) in [6.45, 7) is 7.49. The Morgan fingerprint density at radius 1 is 1.38 bits per heavy atom. The first kappa shape index (κ1) is 13.6. The standard InChI is InChI=1S/C12H20ClNO2/c1-10(2)5-7-15-8-6-14-9-11-3-4-12(13)16-11/h3-4,10,14H,5-9H2,1-2H3. The maximum absolute atomic E-state index is 5.65. The Kier molecular flexibility index (Phi) is 6.53. The lowest BCUT2D eigenvalue weighted by atomic mass is 10.1. The highest BCUT2D eigenvalue weighted by Crippen LogP contribution is 2.12. The van der Waals surface area contributed by atoms with Crippen LogP contribution in [0.4, 0.5) is 0 Å².